The van der Waals surface area contributed by atoms with E-state index in [9.17, 15) is 19.2 Å². The van der Waals surface area contributed by atoms with Gasteiger partial charge in [0, 0.05) is 4.47 Å². The van der Waals surface area contributed by atoms with E-state index in [2.05, 4.69) is 21.2 Å². The number of fused-ring (bicyclic) bond motifs is 1. The summed E-state index contributed by atoms with van der Waals surface area (Å²) in [7, 11) is 0. The summed E-state index contributed by atoms with van der Waals surface area (Å²) in [6.07, 6.45) is 0. The third-order valence-corrected chi connectivity index (χ3v) is 4.99. The van der Waals surface area contributed by atoms with Crippen molar-refractivity contribution in [3.05, 3.63) is 63.6 Å². The SMILES string of the molecule is Cc1ccc2c(c1)C(=O)N(C(C)C(=O)OCC(=O)Nc1ccccc1Br)C2=O. The molecule has 1 aliphatic heterocycles. The first-order valence-electron chi connectivity index (χ1n) is 8.49. The van der Waals surface area contributed by atoms with Crippen molar-refractivity contribution in [3.8, 4) is 0 Å². The van der Waals surface area contributed by atoms with E-state index in [1.54, 1.807) is 42.5 Å². The van der Waals surface area contributed by atoms with Gasteiger partial charge in [-0.2, -0.15) is 0 Å². The second-order valence-electron chi connectivity index (χ2n) is 6.34. The van der Waals surface area contributed by atoms with Crippen molar-refractivity contribution in [2.45, 2.75) is 19.9 Å². The van der Waals surface area contributed by atoms with Gasteiger partial charge < -0.3 is 10.1 Å². The molecule has 0 radical (unpaired) electrons. The van der Waals surface area contributed by atoms with Crippen LogP contribution in [0.4, 0.5) is 5.69 Å². The summed E-state index contributed by atoms with van der Waals surface area (Å²) in [5, 5.41) is 2.60. The highest BCUT2D eigenvalue weighted by atomic mass is 79.9. The van der Waals surface area contributed by atoms with Gasteiger partial charge >= 0.3 is 5.97 Å². The topological polar surface area (TPSA) is 92.8 Å². The molecule has 144 valence electrons. The molecule has 2 aromatic carbocycles. The summed E-state index contributed by atoms with van der Waals surface area (Å²) in [5.41, 5.74) is 1.88. The van der Waals surface area contributed by atoms with Crippen LogP contribution in [0.2, 0.25) is 0 Å². The molecule has 8 heteroatoms. The number of carbonyl (C=O) groups is 4. The Balaban J connectivity index is 1.62. The van der Waals surface area contributed by atoms with Crippen LogP contribution >= 0.6 is 15.9 Å². The van der Waals surface area contributed by atoms with Gasteiger partial charge in [0.1, 0.15) is 6.04 Å². The lowest BCUT2D eigenvalue weighted by Crippen LogP contribution is -2.44. The molecule has 2 aromatic rings. The lowest BCUT2D eigenvalue weighted by molar-refractivity contribution is -0.150. The number of nitrogens with zero attached hydrogens (tertiary/aromatic N) is 1. The molecule has 0 saturated heterocycles. The highest BCUT2D eigenvalue weighted by molar-refractivity contribution is 9.10. The number of halogens is 1. The molecular weight excluding hydrogens is 428 g/mol. The number of carbonyl (C=O) groups excluding carboxylic acids is 4. The number of hydrogen-bond donors (Lipinski definition) is 1. The Morgan fingerprint density at radius 3 is 2.50 bits per heavy atom. The van der Waals surface area contributed by atoms with Crippen LogP contribution in [0.15, 0.2) is 46.9 Å². The third kappa shape index (κ3) is 3.82. The molecule has 3 rings (SSSR count). The molecular formula is C20H17BrN2O5. The average molecular weight is 445 g/mol. The number of hydrogen-bond acceptors (Lipinski definition) is 5. The first-order valence-corrected chi connectivity index (χ1v) is 9.28. The fourth-order valence-electron chi connectivity index (χ4n) is 2.84. The van der Waals surface area contributed by atoms with Crippen LogP contribution in [0.25, 0.3) is 0 Å². The predicted molar refractivity (Wildman–Crippen MR) is 105 cm³/mol. The molecule has 1 unspecified atom stereocenters. The van der Waals surface area contributed by atoms with Crippen LogP contribution in [0, 0.1) is 6.92 Å². The summed E-state index contributed by atoms with van der Waals surface area (Å²) >= 11 is 3.30. The van der Waals surface area contributed by atoms with Gasteiger partial charge in [0.2, 0.25) is 0 Å². The van der Waals surface area contributed by atoms with E-state index in [-0.39, 0.29) is 11.1 Å². The van der Waals surface area contributed by atoms with Crippen LogP contribution in [0.1, 0.15) is 33.2 Å². The second-order valence-corrected chi connectivity index (χ2v) is 7.20. The number of benzene rings is 2. The Labute approximate surface area is 169 Å². The van der Waals surface area contributed by atoms with E-state index >= 15 is 0 Å². The van der Waals surface area contributed by atoms with Crippen molar-refractivity contribution in [2.24, 2.45) is 0 Å². The zero-order valence-corrected chi connectivity index (χ0v) is 16.8. The maximum Gasteiger partial charge on any atom is 0.329 e. The van der Waals surface area contributed by atoms with Gasteiger partial charge in [0.15, 0.2) is 6.61 Å². The molecule has 1 atom stereocenters. The van der Waals surface area contributed by atoms with E-state index < -0.39 is 36.3 Å². The van der Waals surface area contributed by atoms with Gasteiger partial charge in [0.25, 0.3) is 17.7 Å². The Morgan fingerprint density at radius 1 is 1.11 bits per heavy atom. The number of imide groups is 1. The van der Waals surface area contributed by atoms with Crippen LogP contribution in [0.5, 0.6) is 0 Å². The number of amides is 3. The number of rotatable bonds is 5. The molecule has 28 heavy (non-hydrogen) atoms. The minimum Gasteiger partial charge on any atom is -0.454 e. The van der Waals surface area contributed by atoms with E-state index in [0.717, 1.165) is 10.5 Å². The zero-order valence-electron chi connectivity index (χ0n) is 15.2. The summed E-state index contributed by atoms with van der Waals surface area (Å²) in [6.45, 7) is 2.66. The molecule has 1 N–H and O–H groups in total. The monoisotopic (exact) mass is 444 g/mol. The molecule has 1 heterocycles. The van der Waals surface area contributed by atoms with Crippen LogP contribution < -0.4 is 5.32 Å². The molecule has 1 aliphatic rings. The zero-order chi connectivity index (χ0) is 20.4. The lowest BCUT2D eigenvalue weighted by Gasteiger charge is -2.20. The molecule has 0 aromatic heterocycles. The summed E-state index contributed by atoms with van der Waals surface area (Å²) in [5.74, 6) is -2.48. The Kier molecular flexibility index (Phi) is 5.60. The van der Waals surface area contributed by atoms with E-state index in [0.29, 0.717) is 10.2 Å². The van der Waals surface area contributed by atoms with E-state index in [4.69, 9.17) is 4.74 Å². The van der Waals surface area contributed by atoms with Crippen molar-refractivity contribution >= 4 is 45.3 Å². The average Bonchev–Trinajstić information content (AvgIpc) is 2.91. The number of para-hydroxylation sites is 1. The summed E-state index contributed by atoms with van der Waals surface area (Å²) < 4.78 is 5.68. The minimum absolute atomic E-state index is 0.252. The normalized spacial score (nSPS) is 13.9. The number of ether oxygens (including phenoxy) is 1. The molecule has 0 spiro atoms. The maximum atomic E-state index is 12.5. The van der Waals surface area contributed by atoms with Crippen molar-refractivity contribution in [1.29, 1.82) is 0 Å². The molecule has 0 aliphatic carbocycles. The number of nitrogens with one attached hydrogen (secondary N) is 1. The fourth-order valence-corrected chi connectivity index (χ4v) is 3.22. The van der Waals surface area contributed by atoms with E-state index in [1.807, 2.05) is 6.92 Å². The van der Waals surface area contributed by atoms with Gasteiger partial charge in [-0.1, -0.05) is 23.8 Å². The summed E-state index contributed by atoms with van der Waals surface area (Å²) in [4.78, 5) is 50.2. The lowest BCUT2D eigenvalue weighted by atomic mass is 10.1. The number of aryl methyl sites for hydroxylation is 1. The molecule has 0 fully saturated rings. The van der Waals surface area contributed by atoms with Crippen molar-refractivity contribution in [2.75, 3.05) is 11.9 Å². The quantitative estimate of drug-likeness (QED) is 0.565. The number of anilines is 1. The molecule has 3 amide bonds. The highest BCUT2D eigenvalue weighted by Crippen LogP contribution is 2.26. The van der Waals surface area contributed by atoms with Gasteiger partial charge in [-0.15, -0.1) is 0 Å². The largest absolute Gasteiger partial charge is 0.454 e. The second kappa shape index (κ2) is 7.93. The summed E-state index contributed by atoms with van der Waals surface area (Å²) in [6, 6.07) is 10.7. The molecule has 7 nitrogen and oxygen atoms in total. The molecule has 0 bridgehead atoms. The standard InChI is InChI=1S/C20H17BrN2O5/c1-11-7-8-13-14(9-11)19(26)23(18(13)25)12(2)20(27)28-10-17(24)22-16-6-4-3-5-15(16)21/h3-9,12H,10H2,1-2H3,(H,22,24). The minimum atomic E-state index is -1.15. The molecule has 0 saturated carbocycles. The highest BCUT2D eigenvalue weighted by Gasteiger charge is 2.41. The van der Waals surface area contributed by atoms with Gasteiger partial charge in [0.05, 0.1) is 16.8 Å². The van der Waals surface area contributed by atoms with Crippen molar-refractivity contribution in [3.63, 3.8) is 0 Å². The Hall–Kier alpha value is -3.00. The first-order chi connectivity index (χ1) is 13.3. The van der Waals surface area contributed by atoms with Crippen molar-refractivity contribution < 1.29 is 23.9 Å². The van der Waals surface area contributed by atoms with Crippen LogP contribution in [0.3, 0.4) is 0 Å². The van der Waals surface area contributed by atoms with Crippen LogP contribution in [-0.2, 0) is 14.3 Å². The first kappa shape index (κ1) is 19.8. The maximum absolute atomic E-state index is 12.5. The smallest absolute Gasteiger partial charge is 0.329 e. The van der Waals surface area contributed by atoms with Gasteiger partial charge in [-0.25, -0.2) is 4.79 Å². The number of esters is 1. The fraction of sp³-hybridized carbons (Fsp3) is 0.200. The Bertz CT molecular complexity index is 988. The van der Waals surface area contributed by atoms with Gasteiger partial charge in [-0.3, -0.25) is 19.3 Å². The van der Waals surface area contributed by atoms with E-state index in [1.165, 1.54) is 6.92 Å². The third-order valence-electron chi connectivity index (χ3n) is 4.30. The Morgan fingerprint density at radius 2 is 1.79 bits per heavy atom. The van der Waals surface area contributed by atoms with Crippen LogP contribution in [-0.4, -0.2) is 41.2 Å². The van der Waals surface area contributed by atoms with Gasteiger partial charge in [-0.05, 0) is 54.0 Å². The van der Waals surface area contributed by atoms with Crippen molar-refractivity contribution in [1.82, 2.24) is 4.90 Å². The predicted octanol–water partition coefficient (Wildman–Crippen LogP) is 2.92.